The molecule has 0 bridgehead atoms. The molecule has 0 radical (unpaired) electrons. The van der Waals surface area contributed by atoms with Crippen molar-refractivity contribution in [2.75, 3.05) is 19.0 Å². The molecule has 0 heterocycles. The Hall–Kier alpha value is -1.82. The minimum absolute atomic E-state index is 0.309. The highest BCUT2D eigenvalue weighted by Crippen LogP contribution is 2.31. The smallest absolute Gasteiger partial charge is 0.416 e. The van der Waals surface area contributed by atoms with E-state index in [-0.39, 0.29) is 0 Å². The Morgan fingerprint density at radius 2 is 1.71 bits per heavy atom. The van der Waals surface area contributed by atoms with Gasteiger partial charge in [0.25, 0.3) is 0 Å². The number of halogens is 3. The predicted octanol–water partition coefficient (Wildman–Crippen LogP) is 7.00. The van der Waals surface area contributed by atoms with Crippen molar-refractivity contribution in [3.8, 4) is 11.5 Å². The molecule has 0 aliphatic heterocycles. The average Bonchev–Trinajstić information content (AvgIpc) is 2.67. The highest BCUT2D eigenvalue weighted by atomic mass is 32.2. The van der Waals surface area contributed by atoms with Crippen LogP contribution in [0.2, 0.25) is 0 Å². The Morgan fingerprint density at radius 1 is 1.00 bits per heavy atom. The molecule has 0 aliphatic rings. The van der Waals surface area contributed by atoms with Crippen LogP contribution in [0, 0.1) is 12.8 Å². The Labute approximate surface area is 169 Å². The zero-order valence-electron chi connectivity index (χ0n) is 16.5. The topological polar surface area (TPSA) is 18.5 Å². The lowest BCUT2D eigenvalue weighted by Gasteiger charge is -2.17. The summed E-state index contributed by atoms with van der Waals surface area (Å²) in [5.74, 6) is 2.57. The maximum Gasteiger partial charge on any atom is 0.416 e. The Kier molecular flexibility index (Phi) is 8.55. The SMILES string of the molecule is CCCOc1ccc(SC[C@H](CC)COc2ccc(C(F)(F)F)cc2)cc1C. The number of rotatable bonds is 10. The van der Waals surface area contributed by atoms with Crippen LogP contribution >= 0.6 is 11.8 Å². The van der Waals surface area contributed by atoms with E-state index in [0.717, 1.165) is 42.0 Å². The Bertz CT molecular complexity index is 730. The summed E-state index contributed by atoms with van der Waals surface area (Å²) in [4.78, 5) is 1.18. The van der Waals surface area contributed by atoms with Gasteiger partial charge >= 0.3 is 6.18 Å². The van der Waals surface area contributed by atoms with E-state index in [0.29, 0.717) is 24.9 Å². The van der Waals surface area contributed by atoms with Crippen molar-refractivity contribution < 1.29 is 22.6 Å². The number of hydrogen-bond donors (Lipinski definition) is 0. The molecule has 28 heavy (non-hydrogen) atoms. The zero-order chi connectivity index (χ0) is 20.6. The van der Waals surface area contributed by atoms with Gasteiger partial charge in [-0.3, -0.25) is 0 Å². The van der Waals surface area contributed by atoms with Crippen molar-refractivity contribution >= 4 is 11.8 Å². The molecule has 0 unspecified atom stereocenters. The molecule has 0 saturated heterocycles. The van der Waals surface area contributed by atoms with Gasteiger partial charge in [0.2, 0.25) is 0 Å². The number of ether oxygens (including phenoxy) is 2. The van der Waals surface area contributed by atoms with E-state index >= 15 is 0 Å². The van der Waals surface area contributed by atoms with Crippen molar-refractivity contribution in [1.82, 2.24) is 0 Å². The van der Waals surface area contributed by atoms with Crippen LogP contribution in [0.1, 0.15) is 37.8 Å². The first-order valence-corrected chi connectivity index (χ1v) is 10.5. The molecule has 2 rings (SSSR count). The minimum Gasteiger partial charge on any atom is -0.493 e. The number of hydrogen-bond acceptors (Lipinski definition) is 3. The van der Waals surface area contributed by atoms with Crippen LogP contribution < -0.4 is 9.47 Å². The van der Waals surface area contributed by atoms with E-state index in [2.05, 4.69) is 26.0 Å². The monoisotopic (exact) mass is 412 g/mol. The largest absolute Gasteiger partial charge is 0.493 e. The first kappa shape index (κ1) is 22.5. The molecule has 2 aromatic rings. The molecule has 2 nitrogen and oxygen atoms in total. The number of thioether (sulfide) groups is 1. The van der Waals surface area contributed by atoms with E-state index in [1.165, 1.54) is 17.0 Å². The Balaban J connectivity index is 1.85. The van der Waals surface area contributed by atoms with Gasteiger partial charge in [0.15, 0.2) is 0 Å². The van der Waals surface area contributed by atoms with Crippen LogP contribution in [-0.4, -0.2) is 19.0 Å². The lowest BCUT2D eigenvalue weighted by molar-refractivity contribution is -0.137. The highest BCUT2D eigenvalue weighted by Gasteiger charge is 2.30. The molecule has 0 aromatic heterocycles. The normalized spacial score (nSPS) is 12.6. The third-order valence-electron chi connectivity index (χ3n) is 4.34. The van der Waals surface area contributed by atoms with Crippen molar-refractivity contribution in [2.24, 2.45) is 5.92 Å². The fraction of sp³-hybridized carbons (Fsp3) is 0.455. The molecule has 2 aromatic carbocycles. The maximum absolute atomic E-state index is 12.6. The molecular formula is C22H27F3O2S. The standard InChI is InChI=1S/C22H27F3O2S/c1-4-12-26-21-11-10-20(13-16(21)3)28-15-17(5-2)14-27-19-8-6-18(7-9-19)22(23,24)25/h6-11,13,17H,4-5,12,14-15H2,1-3H3/t17-/m1/s1. The second kappa shape index (κ2) is 10.6. The van der Waals surface area contributed by atoms with Gasteiger partial charge in [-0.2, -0.15) is 13.2 Å². The average molecular weight is 413 g/mol. The lowest BCUT2D eigenvalue weighted by Crippen LogP contribution is -2.14. The third-order valence-corrected chi connectivity index (χ3v) is 5.56. The predicted molar refractivity (Wildman–Crippen MR) is 108 cm³/mol. The first-order chi connectivity index (χ1) is 13.3. The van der Waals surface area contributed by atoms with E-state index < -0.39 is 11.7 Å². The number of aryl methyl sites for hydroxylation is 1. The molecule has 1 atom stereocenters. The van der Waals surface area contributed by atoms with Gasteiger partial charge in [-0.05, 0) is 67.8 Å². The molecular weight excluding hydrogens is 385 g/mol. The molecule has 0 amide bonds. The van der Waals surface area contributed by atoms with Gasteiger partial charge in [0.05, 0.1) is 18.8 Å². The van der Waals surface area contributed by atoms with Crippen molar-refractivity contribution in [3.63, 3.8) is 0 Å². The van der Waals surface area contributed by atoms with Crippen LogP contribution in [0.25, 0.3) is 0 Å². The molecule has 154 valence electrons. The number of benzene rings is 2. The van der Waals surface area contributed by atoms with Gasteiger partial charge in [0.1, 0.15) is 11.5 Å². The number of alkyl halides is 3. The first-order valence-electron chi connectivity index (χ1n) is 9.49. The zero-order valence-corrected chi connectivity index (χ0v) is 17.3. The van der Waals surface area contributed by atoms with Crippen LogP contribution in [-0.2, 0) is 6.18 Å². The molecule has 0 fully saturated rings. The van der Waals surface area contributed by atoms with Gasteiger partial charge in [-0.15, -0.1) is 11.8 Å². The summed E-state index contributed by atoms with van der Waals surface area (Å²) < 4.78 is 49.2. The molecule has 6 heteroatoms. The summed E-state index contributed by atoms with van der Waals surface area (Å²) in [6, 6.07) is 11.0. The molecule has 0 N–H and O–H groups in total. The van der Waals surface area contributed by atoms with Crippen molar-refractivity contribution in [2.45, 2.75) is 44.7 Å². The van der Waals surface area contributed by atoms with Crippen LogP contribution in [0.3, 0.4) is 0 Å². The summed E-state index contributed by atoms with van der Waals surface area (Å²) in [5, 5.41) is 0. The van der Waals surface area contributed by atoms with Crippen LogP contribution in [0.4, 0.5) is 13.2 Å². The van der Waals surface area contributed by atoms with E-state index in [1.54, 1.807) is 11.8 Å². The highest BCUT2D eigenvalue weighted by molar-refractivity contribution is 7.99. The Morgan fingerprint density at radius 3 is 2.29 bits per heavy atom. The lowest BCUT2D eigenvalue weighted by atomic mass is 10.1. The van der Waals surface area contributed by atoms with Gasteiger partial charge in [-0.25, -0.2) is 0 Å². The summed E-state index contributed by atoms with van der Waals surface area (Å²) in [5.41, 5.74) is 0.455. The fourth-order valence-corrected chi connectivity index (χ4v) is 3.72. The van der Waals surface area contributed by atoms with Gasteiger partial charge in [-0.1, -0.05) is 13.8 Å². The van der Waals surface area contributed by atoms with Crippen molar-refractivity contribution in [1.29, 1.82) is 0 Å². The second-order valence-electron chi connectivity index (χ2n) is 6.69. The molecule has 0 spiro atoms. The van der Waals surface area contributed by atoms with Crippen LogP contribution in [0.5, 0.6) is 11.5 Å². The molecule has 0 aliphatic carbocycles. The van der Waals surface area contributed by atoms with E-state index in [9.17, 15) is 13.2 Å². The third kappa shape index (κ3) is 6.97. The van der Waals surface area contributed by atoms with E-state index in [4.69, 9.17) is 9.47 Å². The quantitative estimate of drug-likeness (QED) is 0.391. The maximum atomic E-state index is 12.6. The summed E-state index contributed by atoms with van der Waals surface area (Å²) in [7, 11) is 0. The summed E-state index contributed by atoms with van der Waals surface area (Å²) in [6.45, 7) is 7.41. The summed E-state index contributed by atoms with van der Waals surface area (Å²) in [6.07, 6.45) is -2.41. The molecule has 0 saturated carbocycles. The van der Waals surface area contributed by atoms with Crippen molar-refractivity contribution in [3.05, 3.63) is 53.6 Å². The fourth-order valence-electron chi connectivity index (χ4n) is 2.54. The summed E-state index contributed by atoms with van der Waals surface area (Å²) >= 11 is 1.76. The van der Waals surface area contributed by atoms with Gasteiger partial charge < -0.3 is 9.47 Å². The minimum atomic E-state index is -4.32. The van der Waals surface area contributed by atoms with Gasteiger partial charge in [0, 0.05) is 16.6 Å². The van der Waals surface area contributed by atoms with E-state index in [1.807, 2.05) is 13.0 Å². The second-order valence-corrected chi connectivity index (χ2v) is 7.79. The van der Waals surface area contributed by atoms with Crippen LogP contribution in [0.15, 0.2) is 47.4 Å².